The van der Waals surface area contributed by atoms with Crippen LogP contribution in [-0.2, 0) is 13.1 Å². The molecule has 2 heterocycles. The second-order valence-electron chi connectivity index (χ2n) is 5.58. The number of thiophene rings is 1. The van der Waals surface area contributed by atoms with Crippen molar-refractivity contribution in [1.29, 1.82) is 0 Å². The summed E-state index contributed by atoms with van der Waals surface area (Å²) < 4.78 is 0.872. The highest BCUT2D eigenvalue weighted by Gasteiger charge is 2.21. The van der Waals surface area contributed by atoms with E-state index in [1.807, 2.05) is 6.07 Å². The zero-order valence-electron chi connectivity index (χ0n) is 12.3. The van der Waals surface area contributed by atoms with Crippen molar-refractivity contribution in [1.82, 2.24) is 5.32 Å². The summed E-state index contributed by atoms with van der Waals surface area (Å²) in [5.41, 5.74) is 2.74. The number of fused-ring (bicyclic) bond motifs is 1. The maximum absolute atomic E-state index is 6.08. The number of hydrogen-bond donors (Lipinski definition) is 1. The van der Waals surface area contributed by atoms with Crippen LogP contribution in [0, 0.1) is 0 Å². The van der Waals surface area contributed by atoms with Crippen LogP contribution in [0.2, 0.25) is 4.34 Å². The minimum Gasteiger partial charge on any atom is -0.365 e. The molecule has 1 atom stereocenters. The fourth-order valence-corrected chi connectivity index (χ4v) is 4.07. The molecule has 0 amide bonds. The SMILES string of the molecule is CCCC1CN(Cc2ccc(Cl)s2)c2ccccc2CN1. The molecule has 1 aromatic heterocycles. The molecule has 1 aliphatic rings. The number of para-hydroxylation sites is 1. The van der Waals surface area contributed by atoms with Crippen LogP contribution in [0.1, 0.15) is 30.2 Å². The molecule has 0 fully saturated rings. The summed E-state index contributed by atoms with van der Waals surface area (Å²) in [5, 5.41) is 3.70. The Balaban J connectivity index is 1.86. The topological polar surface area (TPSA) is 15.3 Å². The molecule has 2 aromatic rings. The average Bonchev–Trinajstić information content (AvgIpc) is 2.81. The largest absolute Gasteiger partial charge is 0.365 e. The molecule has 0 bridgehead atoms. The average molecular weight is 321 g/mol. The van der Waals surface area contributed by atoms with E-state index < -0.39 is 0 Å². The lowest BCUT2D eigenvalue weighted by Gasteiger charge is -2.27. The smallest absolute Gasteiger partial charge is 0.0931 e. The number of halogens is 1. The molecule has 0 saturated carbocycles. The predicted octanol–water partition coefficient (Wildman–Crippen LogP) is 4.68. The minimum absolute atomic E-state index is 0.554. The van der Waals surface area contributed by atoms with Crippen LogP contribution < -0.4 is 10.2 Å². The van der Waals surface area contributed by atoms with Gasteiger partial charge in [0.1, 0.15) is 0 Å². The minimum atomic E-state index is 0.554. The van der Waals surface area contributed by atoms with Crippen molar-refractivity contribution in [2.75, 3.05) is 11.4 Å². The molecule has 3 rings (SSSR count). The van der Waals surface area contributed by atoms with Crippen molar-refractivity contribution in [3.8, 4) is 0 Å². The quantitative estimate of drug-likeness (QED) is 0.880. The van der Waals surface area contributed by atoms with Crippen molar-refractivity contribution < 1.29 is 0 Å². The van der Waals surface area contributed by atoms with Crippen LogP contribution in [0.25, 0.3) is 0 Å². The first-order valence-electron chi connectivity index (χ1n) is 7.56. The number of hydrogen-bond acceptors (Lipinski definition) is 3. The predicted molar refractivity (Wildman–Crippen MR) is 92.4 cm³/mol. The lowest BCUT2D eigenvalue weighted by molar-refractivity contribution is 0.480. The molecule has 0 saturated heterocycles. The third kappa shape index (κ3) is 3.60. The molecular weight excluding hydrogens is 300 g/mol. The molecule has 0 spiro atoms. The molecule has 112 valence electrons. The fraction of sp³-hybridized carbons (Fsp3) is 0.412. The Hall–Kier alpha value is -1.03. The van der Waals surface area contributed by atoms with E-state index in [0.29, 0.717) is 6.04 Å². The lowest BCUT2D eigenvalue weighted by atomic mass is 10.1. The van der Waals surface area contributed by atoms with Gasteiger partial charge >= 0.3 is 0 Å². The molecule has 1 aromatic carbocycles. The molecule has 0 radical (unpaired) electrons. The van der Waals surface area contributed by atoms with Gasteiger partial charge < -0.3 is 10.2 Å². The van der Waals surface area contributed by atoms with Gasteiger partial charge in [0.2, 0.25) is 0 Å². The third-order valence-electron chi connectivity index (χ3n) is 3.97. The second kappa shape index (κ2) is 6.82. The van der Waals surface area contributed by atoms with Gasteiger partial charge in [-0.3, -0.25) is 0 Å². The Morgan fingerprint density at radius 2 is 2.14 bits per heavy atom. The van der Waals surface area contributed by atoms with Crippen LogP contribution in [0.5, 0.6) is 0 Å². The molecular formula is C17H21ClN2S. The number of nitrogens with zero attached hydrogens (tertiary/aromatic N) is 1. The van der Waals surface area contributed by atoms with Crippen molar-refractivity contribution in [2.24, 2.45) is 0 Å². The fourth-order valence-electron chi connectivity index (χ4n) is 2.97. The molecule has 0 aliphatic carbocycles. The van der Waals surface area contributed by atoms with Gasteiger partial charge in [0.25, 0.3) is 0 Å². The van der Waals surface area contributed by atoms with Crippen molar-refractivity contribution in [2.45, 2.75) is 38.9 Å². The summed E-state index contributed by atoms with van der Waals surface area (Å²) >= 11 is 7.76. The highest BCUT2D eigenvalue weighted by molar-refractivity contribution is 7.16. The number of nitrogens with one attached hydrogen (secondary N) is 1. The maximum atomic E-state index is 6.08. The van der Waals surface area contributed by atoms with E-state index in [-0.39, 0.29) is 0 Å². The van der Waals surface area contributed by atoms with E-state index in [2.05, 4.69) is 47.5 Å². The first kappa shape index (κ1) is 14.9. The summed E-state index contributed by atoms with van der Waals surface area (Å²) in [6.07, 6.45) is 2.43. The maximum Gasteiger partial charge on any atom is 0.0931 e. The summed E-state index contributed by atoms with van der Waals surface area (Å²) in [5.74, 6) is 0. The Kier molecular flexibility index (Phi) is 4.84. The van der Waals surface area contributed by atoms with Gasteiger partial charge in [-0.15, -0.1) is 11.3 Å². The number of rotatable bonds is 4. The van der Waals surface area contributed by atoms with Crippen LogP contribution in [0.15, 0.2) is 36.4 Å². The summed E-state index contributed by atoms with van der Waals surface area (Å²) in [4.78, 5) is 3.82. The Morgan fingerprint density at radius 1 is 1.29 bits per heavy atom. The zero-order chi connectivity index (χ0) is 14.7. The zero-order valence-corrected chi connectivity index (χ0v) is 13.9. The summed E-state index contributed by atoms with van der Waals surface area (Å²) in [6, 6.07) is 13.4. The van der Waals surface area contributed by atoms with Gasteiger partial charge in [-0.05, 0) is 30.2 Å². The third-order valence-corrected chi connectivity index (χ3v) is 5.18. The second-order valence-corrected chi connectivity index (χ2v) is 7.38. The van der Waals surface area contributed by atoms with Gasteiger partial charge in [-0.1, -0.05) is 43.1 Å². The molecule has 1 unspecified atom stereocenters. The lowest BCUT2D eigenvalue weighted by Crippen LogP contribution is -2.37. The van der Waals surface area contributed by atoms with E-state index >= 15 is 0 Å². The number of benzene rings is 1. The monoisotopic (exact) mass is 320 g/mol. The van der Waals surface area contributed by atoms with Crippen LogP contribution >= 0.6 is 22.9 Å². The van der Waals surface area contributed by atoms with Gasteiger partial charge in [0.15, 0.2) is 0 Å². The molecule has 1 N–H and O–H groups in total. The molecule has 21 heavy (non-hydrogen) atoms. The Labute approximate surface area is 135 Å². The highest BCUT2D eigenvalue weighted by atomic mass is 35.5. The van der Waals surface area contributed by atoms with Crippen LogP contribution in [-0.4, -0.2) is 12.6 Å². The van der Waals surface area contributed by atoms with Crippen LogP contribution in [0.4, 0.5) is 5.69 Å². The highest BCUT2D eigenvalue weighted by Crippen LogP contribution is 2.29. The van der Waals surface area contributed by atoms with E-state index in [1.165, 1.54) is 29.0 Å². The van der Waals surface area contributed by atoms with Gasteiger partial charge in [-0.25, -0.2) is 0 Å². The van der Waals surface area contributed by atoms with Crippen LogP contribution in [0.3, 0.4) is 0 Å². The summed E-state index contributed by atoms with van der Waals surface area (Å²) in [7, 11) is 0. The summed E-state index contributed by atoms with van der Waals surface area (Å²) in [6.45, 7) is 5.21. The van der Waals surface area contributed by atoms with E-state index in [0.717, 1.165) is 24.0 Å². The van der Waals surface area contributed by atoms with Crippen molar-refractivity contribution >= 4 is 28.6 Å². The van der Waals surface area contributed by atoms with E-state index in [9.17, 15) is 0 Å². The van der Waals surface area contributed by atoms with Gasteiger partial charge in [0.05, 0.1) is 10.9 Å². The first-order chi connectivity index (χ1) is 10.3. The molecule has 1 aliphatic heterocycles. The van der Waals surface area contributed by atoms with Crippen molar-refractivity contribution in [3.63, 3.8) is 0 Å². The van der Waals surface area contributed by atoms with Crippen molar-refractivity contribution in [3.05, 3.63) is 51.2 Å². The standard InChI is InChI=1S/C17H21ClN2S/c1-2-5-14-11-20(12-15-8-9-17(18)21-15)16-7-4-3-6-13(16)10-19-14/h3-4,6-9,14,19H,2,5,10-12H2,1H3. The van der Waals surface area contributed by atoms with Gasteiger partial charge in [0, 0.05) is 29.7 Å². The Morgan fingerprint density at radius 3 is 2.90 bits per heavy atom. The van der Waals surface area contributed by atoms with Gasteiger partial charge in [-0.2, -0.15) is 0 Å². The van der Waals surface area contributed by atoms with E-state index in [1.54, 1.807) is 11.3 Å². The Bertz CT molecular complexity index is 596. The van der Waals surface area contributed by atoms with E-state index in [4.69, 9.17) is 11.6 Å². The normalized spacial score (nSPS) is 18.4. The molecule has 4 heteroatoms. The first-order valence-corrected chi connectivity index (χ1v) is 8.76. The number of anilines is 1. The molecule has 2 nitrogen and oxygen atoms in total.